The Bertz CT molecular complexity index is 370. The van der Waals surface area contributed by atoms with Crippen LogP contribution in [-0.4, -0.2) is 19.3 Å². The SMILES string of the molecule is CO[C@@H](c1ccccc1I)[C@H](C)OC(N)=O. The van der Waals surface area contributed by atoms with Gasteiger partial charge in [-0.3, -0.25) is 0 Å². The van der Waals surface area contributed by atoms with Gasteiger partial charge >= 0.3 is 6.09 Å². The van der Waals surface area contributed by atoms with E-state index in [-0.39, 0.29) is 6.10 Å². The van der Waals surface area contributed by atoms with Crippen LogP contribution in [0.3, 0.4) is 0 Å². The first-order chi connectivity index (χ1) is 7.56. The number of hydrogen-bond donors (Lipinski definition) is 1. The van der Waals surface area contributed by atoms with Crippen LogP contribution in [0.2, 0.25) is 0 Å². The molecule has 2 atom stereocenters. The first kappa shape index (κ1) is 13.2. The van der Waals surface area contributed by atoms with Gasteiger partial charge < -0.3 is 15.2 Å². The molecule has 4 nitrogen and oxygen atoms in total. The molecule has 0 aromatic heterocycles. The van der Waals surface area contributed by atoms with Gasteiger partial charge in [-0.15, -0.1) is 0 Å². The number of ether oxygens (including phenoxy) is 2. The Labute approximate surface area is 108 Å². The van der Waals surface area contributed by atoms with E-state index in [4.69, 9.17) is 15.2 Å². The number of halogens is 1. The highest BCUT2D eigenvalue weighted by Gasteiger charge is 2.23. The maximum atomic E-state index is 10.7. The molecule has 16 heavy (non-hydrogen) atoms. The van der Waals surface area contributed by atoms with Crippen molar-refractivity contribution in [2.24, 2.45) is 5.73 Å². The van der Waals surface area contributed by atoms with E-state index in [0.717, 1.165) is 9.13 Å². The third kappa shape index (κ3) is 3.34. The van der Waals surface area contributed by atoms with Crippen LogP contribution in [-0.2, 0) is 9.47 Å². The number of rotatable bonds is 4. The first-order valence-electron chi connectivity index (χ1n) is 4.79. The minimum absolute atomic E-state index is 0.305. The van der Waals surface area contributed by atoms with Crippen molar-refractivity contribution in [2.45, 2.75) is 19.1 Å². The van der Waals surface area contributed by atoms with Gasteiger partial charge in [0.1, 0.15) is 12.2 Å². The number of methoxy groups -OCH3 is 1. The van der Waals surface area contributed by atoms with Crippen molar-refractivity contribution in [1.82, 2.24) is 0 Å². The van der Waals surface area contributed by atoms with Crippen LogP contribution in [0.5, 0.6) is 0 Å². The van der Waals surface area contributed by atoms with Gasteiger partial charge in [-0.25, -0.2) is 4.79 Å². The summed E-state index contributed by atoms with van der Waals surface area (Å²) < 4.78 is 11.3. The van der Waals surface area contributed by atoms with Gasteiger partial charge in [0.05, 0.1) is 0 Å². The van der Waals surface area contributed by atoms with E-state index in [0.29, 0.717) is 0 Å². The van der Waals surface area contributed by atoms with Crippen LogP contribution in [0.1, 0.15) is 18.6 Å². The fourth-order valence-corrected chi connectivity index (χ4v) is 2.22. The zero-order chi connectivity index (χ0) is 12.1. The summed E-state index contributed by atoms with van der Waals surface area (Å²) in [6.45, 7) is 1.75. The summed E-state index contributed by atoms with van der Waals surface area (Å²) in [6, 6.07) is 7.77. The average Bonchev–Trinajstić information content (AvgIpc) is 2.20. The van der Waals surface area contributed by atoms with E-state index in [1.54, 1.807) is 14.0 Å². The van der Waals surface area contributed by atoms with Gasteiger partial charge in [-0.2, -0.15) is 0 Å². The van der Waals surface area contributed by atoms with Crippen LogP contribution >= 0.6 is 22.6 Å². The molecule has 5 heteroatoms. The van der Waals surface area contributed by atoms with E-state index < -0.39 is 12.2 Å². The number of carbonyl (C=O) groups is 1. The zero-order valence-electron chi connectivity index (χ0n) is 9.14. The van der Waals surface area contributed by atoms with E-state index in [1.165, 1.54) is 0 Å². The van der Waals surface area contributed by atoms with Crippen molar-refractivity contribution >= 4 is 28.7 Å². The molecule has 1 amide bonds. The van der Waals surface area contributed by atoms with Gasteiger partial charge in [-0.1, -0.05) is 18.2 Å². The van der Waals surface area contributed by atoms with Gasteiger partial charge in [0.25, 0.3) is 0 Å². The highest BCUT2D eigenvalue weighted by atomic mass is 127. The molecule has 1 aromatic carbocycles. The molecule has 0 spiro atoms. The molecule has 1 aromatic rings. The molecule has 0 aliphatic rings. The van der Waals surface area contributed by atoms with Crippen LogP contribution < -0.4 is 5.73 Å². The third-order valence-corrected chi connectivity index (χ3v) is 3.18. The number of carbonyl (C=O) groups excluding carboxylic acids is 1. The summed E-state index contributed by atoms with van der Waals surface area (Å²) in [5.74, 6) is 0. The molecule has 0 fully saturated rings. The second-order valence-corrected chi connectivity index (χ2v) is 4.48. The smallest absolute Gasteiger partial charge is 0.404 e. The monoisotopic (exact) mass is 335 g/mol. The van der Waals surface area contributed by atoms with E-state index >= 15 is 0 Å². The maximum absolute atomic E-state index is 10.7. The van der Waals surface area contributed by atoms with Crippen LogP contribution in [0.4, 0.5) is 4.79 Å². The Morgan fingerprint density at radius 2 is 2.06 bits per heavy atom. The van der Waals surface area contributed by atoms with Crippen LogP contribution in [0, 0.1) is 3.57 Å². The fraction of sp³-hybridized carbons (Fsp3) is 0.364. The van der Waals surface area contributed by atoms with E-state index in [9.17, 15) is 4.79 Å². The van der Waals surface area contributed by atoms with E-state index in [2.05, 4.69) is 22.6 Å². The Hall–Kier alpha value is -0.820. The number of amides is 1. The molecule has 1 rings (SSSR count). The molecule has 0 radical (unpaired) electrons. The lowest BCUT2D eigenvalue weighted by molar-refractivity contribution is -0.0125. The van der Waals surface area contributed by atoms with Crippen molar-refractivity contribution in [2.75, 3.05) is 7.11 Å². The minimum atomic E-state index is -0.791. The highest BCUT2D eigenvalue weighted by Crippen LogP contribution is 2.26. The number of nitrogens with two attached hydrogens (primary N) is 1. The lowest BCUT2D eigenvalue weighted by Gasteiger charge is -2.23. The number of hydrogen-bond acceptors (Lipinski definition) is 3. The molecule has 0 saturated heterocycles. The van der Waals surface area contributed by atoms with Gasteiger partial charge in [0.2, 0.25) is 0 Å². The summed E-state index contributed by atoms with van der Waals surface area (Å²) >= 11 is 2.21. The third-order valence-electron chi connectivity index (χ3n) is 2.19. The molecule has 0 bridgehead atoms. The van der Waals surface area contributed by atoms with Crippen molar-refractivity contribution in [3.8, 4) is 0 Å². The molecule has 0 saturated carbocycles. The largest absolute Gasteiger partial charge is 0.444 e. The Kier molecular flexibility index (Phi) is 5.01. The summed E-state index contributed by atoms with van der Waals surface area (Å²) in [7, 11) is 1.58. The number of benzene rings is 1. The Balaban J connectivity index is 2.90. The summed E-state index contributed by atoms with van der Waals surface area (Å²) in [4.78, 5) is 10.7. The standard InChI is InChI=1S/C11H14INO3/c1-7(16-11(13)14)10(15-2)8-5-3-4-6-9(8)12/h3-7,10H,1-2H3,(H2,13,14)/t7-,10+/m0/s1. The fourth-order valence-electron chi connectivity index (χ4n) is 1.52. The summed E-state index contributed by atoms with van der Waals surface area (Å²) in [6.07, 6.45) is -1.51. The van der Waals surface area contributed by atoms with Crippen molar-refractivity contribution < 1.29 is 14.3 Å². The summed E-state index contributed by atoms with van der Waals surface area (Å²) in [5, 5.41) is 0. The lowest BCUT2D eigenvalue weighted by atomic mass is 10.1. The van der Waals surface area contributed by atoms with E-state index in [1.807, 2.05) is 24.3 Å². The quantitative estimate of drug-likeness (QED) is 0.860. The molecule has 0 heterocycles. The zero-order valence-corrected chi connectivity index (χ0v) is 11.3. The molecule has 0 unspecified atom stereocenters. The topological polar surface area (TPSA) is 61.6 Å². The molecule has 0 aliphatic heterocycles. The van der Waals surface area contributed by atoms with Crippen molar-refractivity contribution in [3.05, 3.63) is 33.4 Å². The predicted octanol–water partition coefficient (Wildman–Crippen LogP) is 2.46. The first-order valence-corrected chi connectivity index (χ1v) is 5.87. The Morgan fingerprint density at radius 3 is 2.56 bits per heavy atom. The van der Waals surface area contributed by atoms with Crippen LogP contribution in [0.15, 0.2) is 24.3 Å². The highest BCUT2D eigenvalue weighted by molar-refractivity contribution is 14.1. The molecular formula is C11H14INO3. The Morgan fingerprint density at radius 1 is 1.44 bits per heavy atom. The molecule has 2 N–H and O–H groups in total. The molecular weight excluding hydrogens is 321 g/mol. The average molecular weight is 335 g/mol. The number of primary amides is 1. The van der Waals surface area contributed by atoms with Crippen molar-refractivity contribution in [1.29, 1.82) is 0 Å². The van der Waals surface area contributed by atoms with Crippen LogP contribution in [0.25, 0.3) is 0 Å². The second kappa shape index (κ2) is 6.05. The van der Waals surface area contributed by atoms with Crippen molar-refractivity contribution in [3.63, 3.8) is 0 Å². The minimum Gasteiger partial charge on any atom is -0.444 e. The second-order valence-electron chi connectivity index (χ2n) is 3.32. The maximum Gasteiger partial charge on any atom is 0.404 e. The predicted molar refractivity (Wildman–Crippen MR) is 69.0 cm³/mol. The molecule has 0 aliphatic carbocycles. The summed E-state index contributed by atoms with van der Waals surface area (Å²) in [5.41, 5.74) is 5.97. The molecule has 88 valence electrons. The van der Waals surface area contributed by atoms with Gasteiger partial charge in [0.15, 0.2) is 0 Å². The van der Waals surface area contributed by atoms with Gasteiger partial charge in [0, 0.05) is 10.7 Å². The van der Waals surface area contributed by atoms with Gasteiger partial charge in [-0.05, 0) is 41.1 Å². The lowest BCUT2D eigenvalue weighted by Crippen LogP contribution is -2.27. The normalized spacial score (nSPS) is 14.2.